The number of hydrogen-bond donors (Lipinski definition) is 1. The van der Waals surface area contributed by atoms with Crippen LogP contribution < -0.4 is 5.32 Å². The van der Waals surface area contributed by atoms with Crippen LogP contribution in [0.3, 0.4) is 0 Å². The fraction of sp³-hybridized carbons (Fsp3) is 0.296. The molecule has 4 rings (SSSR count). The summed E-state index contributed by atoms with van der Waals surface area (Å²) in [5.41, 5.74) is 6.68. The zero-order valence-electron chi connectivity index (χ0n) is 18.2. The fourth-order valence-corrected chi connectivity index (χ4v) is 4.32. The van der Waals surface area contributed by atoms with Crippen molar-refractivity contribution in [3.8, 4) is 11.1 Å². The number of nitrogens with one attached hydrogen (secondary N) is 1. The summed E-state index contributed by atoms with van der Waals surface area (Å²) < 4.78 is 13.1. The lowest BCUT2D eigenvalue weighted by Crippen LogP contribution is -2.40. The Morgan fingerprint density at radius 3 is 2.35 bits per heavy atom. The van der Waals surface area contributed by atoms with Crippen LogP contribution in [0, 0.1) is 5.82 Å². The molecule has 0 bridgehead atoms. The summed E-state index contributed by atoms with van der Waals surface area (Å²) in [6, 6.07) is 20.9. The number of nitrogens with zero attached hydrogens (tertiary/aromatic N) is 1. The van der Waals surface area contributed by atoms with Gasteiger partial charge >= 0.3 is 0 Å². The van der Waals surface area contributed by atoms with Crippen LogP contribution in [0.1, 0.15) is 40.4 Å². The molecule has 1 aliphatic carbocycles. The lowest BCUT2D eigenvalue weighted by atomic mass is 9.86. The third-order valence-electron chi connectivity index (χ3n) is 6.23. The lowest BCUT2D eigenvalue weighted by molar-refractivity contribution is 0.0719. The van der Waals surface area contributed by atoms with E-state index in [0.717, 1.165) is 43.5 Å². The van der Waals surface area contributed by atoms with Crippen LogP contribution in [0.5, 0.6) is 0 Å². The second kappa shape index (κ2) is 9.44. The Morgan fingerprint density at radius 2 is 1.68 bits per heavy atom. The summed E-state index contributed by atoms with van der Waals surface area (Å²) in [4.78, 5) is 15.0. The number of likely N-dealkylation sites (N-methyl/N-ethyl adjacent to an activating group) is 1. The molecule has 0 aromatic heterocycles. The highest BCUT2D eigenvalue weighted by Crippen LogP contribution is 2.27. The monoisotopic (exact) mass is 416 g/mol. The molecule has 3 aromatic rings. The van der Waals surface area contributed by atoms with Gasteiger partial charge in [0.25, 0.3) is 5.91 Å². The molecule has 4 heteroatoms. The first-order chi connectivity index (χ1) is 15.0. The second-order valence-electron chi connectivity index (χ2n) is 8.28. The molecule has 1 atom stereocenters. The van der Waals surface area contributed by atoms with E-state index < -0.39 is 0 Å². The number of amides is 1. The Bertz CT molecular complexity index is 1040. The molecule has 0 fully saturated rings. The Morgan fingerprint density at radius 1 is 1.00 bits per heavy atom. The van der Waals surface area contributed by atoms with Gasteiger partial charge in [-0.2, -0.15) is 0 Å². The van der Waals surface area contributed by atoms with Crippen molar-refractivity contribution < 1.29 is 9.18 Å². The molecule has 31 heavy (non-hydrogen) atoms. The van der Waals surface area contributed by atoms with E-state index in [2.05, 4.69) is 30.4 Å². The van der Waals surface area contributed by atoms with Crippen LogP contribution in [0.15, 0.2) is 66.7 Å². The third-order valence-corrected chi connectivity index (χ3v) is 6.23. The molecule has 0 saturated carbocycles. The van der Waals surface area contributed by atoms with E-state index in [1.165, 1.54) is 28.8 Å². The van der Waals surface area contributed by atoms with Crippen molar-refractivity contribution in [1.82, 2.24) is 10.2 Å². The average molecular weight is 417 g/mol. The quantitative estimate of drug-likeness (QED) is 0.597. The van der Waals surface area contributed by atoms with Gasteiger partial charge in [0.05, 0.1) is 0 Å². The van der Waals surface area contributed by atoms with Crippen molar-refractivity contribution in [2.75, 3.05) is 13.6 Å². The smallest absolute Gasteiger partial charge is 0.253 e. The van der Waals surface area contributed by atoms with Crippen LogP contribution in [-0.4, -0.2) is 30.4 Å². The van der Waals surface area contributed by atoms with Gasteiger partial charge in [-0.1, -0.05) is 49.4 Å². The first kappa shape index (κ1) is 21.3. The van der Waals surface area contributed by atoms with Crippen molar-refractivity contribution in [1.29, 1.82) is 0 Å². The van der Waals surface area contributed by atoms with Gasteiger partial charge in [-0.3, -0.25) is 4.79 Å². The highest BCUT2D eigenvalue weighted by Gasteiger charge is 2.26. The molecule has 1 amide bonds. The molecule has 3 nitrogen and oxygen atoms in total. The molecule has 3 aromatic carbocycles. The number of aryl methyl sites for hydroxylation is 1. The van der Waals surface area contributed by atoms with E-state index in [1.54, 1.807) is 12.1 Å². The first-order valence-corrected chi connectivity index (χ1v) is 11.0. The van der Waals surface area contributed by atoms with Gasteiger partial charge in [-0.15, -0.1) is 0 Å². The van der Waals surface area contributed by atoms with Crippen molar-refractivity contribution in [2.45, 2.75) is 38.8 Å². The molecule has 0 aliphatic heterocycles. The number of hydrogen-bond acceptors (Lipinski definition) is 2. The molecule has 0 heterocycles. The van der Waals surface area contributed by atoms with Crippen LogP contribution in [0.25, 0.3) is 11.1 Å². The van der Waals surface area contributed by atoms with Crippen LogP contribution in [0.2, 0.25) is 0 Å². The van der Waals surface area contributed by atoms with E-state index in [-0.39, 0.29) is 17.8 Å². The van der Waals surface area contributed by atoms with Gasteiger partial charge in [0, 0.05) is 25.2 Å². The van der Waals surface area contributed by atoms with Crippen molar-refractivity contribution in [3.63, 3.8) is 0 Å². The molecule has 1 aliphatic rings. The normalized spacial score (nSPS) is 15.4. The number of carbonyl (C=O) groups is 1. The van der Waals surface area contributed by atoms with Crippen molar-refractivity contribution in [3.05, 3.63) is 94.8 Å². The topological polar surface area (TPSA) is 32.3 Å². The zero-order valence-corrected chi connectivity index (χ0v) is 18.2. The van der Waals surface area contributed by atoms with Crippen LogP contribution >= 0.6 is 0 Å². The minimum atomic E-state index is -0.250. The van der Waals surface area contributed by atoms with Gasteiger partial charge in [-0.05, 0) is 77.9 Å². The van der Waals surface area contributed by atoms with Gasteiger partial charge in [0.15, 0.2) is 0 Å². The van der Waals surface area contributed by atoms with Crippen LogP contribution in [-0.2, 0) is 19.4 Å². The van der Waals surface area contributed by atoms with E-state index >= 15 is 0 Å². The summed E-state index contributed by atoms with van der Waals surface area (Å²) >= 11 is 0. The summed E-state index contributed by atoms with van der Waals surface area (Å²) in [6.45, 7) is 3.99. The molecule has 1 unspecified atom stereocenters. The number of carbonyl (C=O) groups excluding carboxylic acids is 1. The van der Waals surface area contributed by atoms with Crippen molar-refractivity contribution >= 4 is 5.91 Å². The fourth-order valence-electron chi connectivity index (χ4n) is 4.32. The summed E-state index contributed by atoms with van der Waals surface area (Å²) in [5.74, 6) is -0.206. The molecular formula is C27H29FN2O. The summed E-state index contributed by atoms with van der Waals surface area (Å²) in [6.07, 6.45) is 2.88. The molecule has 160 valence electrons. The maximum atomic E-state index is 13.1. The Labute approximate surface area is 183 Å². The molecular weight excluding hydrogens is 387 g/mol. The number of fused-ring (bicyclic) bond motifs is 1. The molecule has 1 N–H and O–H groups in total. The second-order valence-corrected chi connectivity index (χ2v) is 8.28. The maximum Gasteiger partial charge on any atom is 0.253 e. The Balaban J connectivity index is 1.43. The SMILES string of the molecule is CCNCc1ccc2c(c1)CCC(N(C)C(=O)c1ccc(-c3ccc(F)cc3)cc1)C2. The summed E-state index contributed by atoms with van der Waals surface area (Å²) in [5, 5.41) is 3.38. The van der Waals surface area contributed by atoms with Crippen LogP contribution in [0.4, 0.5) is 4.39 Å². The lowest BCUT2D eigenvalue weighted by Gasteiger charge is -2.33. The van der Waals surface area contributed by atoms with Gasteiger partial charge in [0.2, 0.25) is 0 Å². The minimum absolute atomic E-state index is 0.0443. The number of rotatable bonds is 6. The first-order valence-electron chi connectivity index (χ1n) is 11.0. The molecule has 0 saturated heterocycles. The molecule has 0 spiro atoms. The van der Waals surface area contributed by atoms with Gasteiger partial charge in [0.1, 0.15) is 5.82 Å². The molecule has 0 radical (unpaired) electrons. The maximum absolute atomic E-state index is 13.1. The Kier molecular flexibility index (Phi) is 6.47. The zero-order chi connectivity index (χ0) is 21.8. The average Bonchev–Trinajstić information content (AvgIpc) is 2.82. The van der Waals surface area contributed by atoms with Crippen molar-refractivity contribution in [2.24, 2.45) is 0 Å². The van der Waals surface area contributed by atoms with Gasteiger partial charge < -0.3 is 10.2 Å². The predicted octanol–water partition coefficient (Wildman–Crippen LogP) is 5.23. The van der Waals surface area contributed by atoms with Gasteiger partial charge in [-0.25, -0.2) is 4.39 Å². The van der Waals surface area contributed by atoms with E-state index in [0.29, 0.717) is 5.56 Å². The minimum Gasteiger partial charge on any atom is -0.338 e. The number of benzene rings is 3. The van der Waals surface area contributed by atoms with E-state index in [9.17, 15) is 9.18 Å². The number of halogens is 1. The van der Waals surface area contributed by atoms with E-state index in [1.807, 2.05) is 36.2 Å². The highest BCUT2D eigenvalue weighted by molar-refractivity contribution is 5.94. The highest BCUT2D eigenvalue weighted by atomic mass is 19.1. The third kappa shape index (κ3) is 4.86. The van der Waals surface area contributed by atoms with E-state index in [4.69, 9.17) is 0 Å². The standard InChI is InChI=1S/C27H29FN2O/c1-3-29-18-19-4-5-24-17-26(15-12-23(24)16-19)30(2)27(31)22-8-6-20(7-9-22)21-10-13-25(28)14-11-21/h4-11,13-14,16,26,29H,3,12,15,17-18H2,1-2H3. The Hall–Kier alpha value is -2.98. The predicted molar refractivity (Wildman–Crippen MR) is 124 cm³/mol. The summed E-state index contributed by atoms with van der Waals surface area (Å²) in [7, 11) is 1.91. The largest absolute Gasteiger partial charge is 0.338 e.